The monoisotopic (exact) mass is 1630 g/mol. The molecular formula is C85H81Cl2FN18O8S2. The summed E-state index contributed by atoms with van der Waals surface area (Å²) < 4.78 is 41.5. The van der Waals surface area contributed by atoms with E-state index in [0.29, 0.717) is 118 Å². The number of aryl methyl sites for hydroxylation is 1. The van der Waals surface area contributed by atoms with Gasteiger partial charge in [-0.1, -0.05) is 41.4 Å². The highest BCUT2D eigenvalue weighted by molar-refractivity contribution is 7.22. The molecule has 0 radical (unpaired) electrons. The van der Waals surface area contributed by atoms with Crippen LogP contribution in [0.3, 0.4) is 0 Å². The molecule has 6 atom stereocenters. The lowest BCUT2D eigenvalue weighted by Gasteiger charge is -2.42. The Labute approximate surface area is 681 Å². The minimum absolute atomic E-state index is 0.166. The van der Waals surface area contributed by atoms with Crippen LogP contribution in [-0.2, 0) is 0 Å². The molecule has 4 fully saturated rings. The second-order valence-corrected chi connectivity index (χ2v) is 33.2. The molecule has 0 aliphatic carbocycles. The standard InChI is InChI=1S/C22H21ClN4O2S.C21H19ClN4O2S.C21H20FN5O2.C21H21N5O2/c1-12-10-27(11-13(2)26(12)3)18-8-7-14-9-15(22(28)29-20(14)24-18)21-25-19-16(23)5-4-6-17(19)30-21;1-11-9-26(10-12(2)23-11)17-7-6-13-8-14(21(27)28-19(13)24-17)20-25-18-15(22)4-3-5-16(18)29-20;1-13-11-26(9-8-25(13)2)18-6-5-14-10-15(21(28)29-20(14)24-18)17-12-27-7-3-4-16(22)19(27)23-17;1-13-3-5-18-23-17(12-26(18)10-13)16-9-15-4-6-19(24-20(15)28-21(16)27)25-8-7-22-14(2)11-25/h4-9,12-13H,10-11H2,1-3H3;3-8,11-12,23H,9-10H2,1-2H3;3-7,10,12-13H,8-9,11H2,1-2H3;3-6,9-10,12,14,22H,7-8,11H2,1-2H3/t12-,13+;11-,12+;13-;14-/m..00/s1. The van der Waals surface area contributed by atoms with Gasteiger partial charge in [-0.25, -0.2) is 43.5 Å². The van der Waals surface area contributed by atoms with Gasteiger partial charge in [0.2, 0.25) is 22.9 Å². The van der Waals surface area contributed by atoms with E-state index < -0.39 is 28.3 Å². The second kappa shape index (κ2) is 32.0. The van der Waals surface area contributed by atoms with Crippen molar-refractivity contribution in [2.75, 3.05) is 99.1 Å². The SMILES string of the molecule is C[C@@H]1CN(c2ccc3cc(-c4nc5c(Cl)cccc5s4)c(=O)oc3n2)C[C@H](C)N1.C[C@@H]1CN(c2ccc3cc(-c4nc5c(Cl)cccc5s4)c(=O)oc3n2)C[C@H](C)N1C.C[C@H]1CN(c2ccc3cc(-c4cn5cccc(F)c5n4)c(=O)oc3n2)CCN1C.Cc1ccc2nc(-c3cc4ccc(N5CCN[C@@H](C)C5)nc4oc3=O)cn2c1. The number of para-hydroxylation sites is 2. The Hall–Kier alpha value is -11.4. The zero-order valence-corrected chi connectivity index (χ0v) is 68.1. The Morgan fingerprint density at radius 1 is 0.448 bits per heavy atom. The molecule has 0 amide bonds. The summed E-state index contributed by atoms with van der Waals surface area (Å²) in [6, 6.07) is 43.2. The number of hydrogen-bond acceptors (Lipinski definition) is 26. The number of halogens is 3. The molecular weight excluding hydrogens is 1560 g/mol. The predicted molar refractivity (Wildman–Crippen MR) is 459 cm³/mol. The van der Waals surface area contributed by atoms with Crippen molar-refractivity contribution in [2.45, 2.75) is 84.7 Å². The summed E-state index contributed by atoms with van der Waals surface area (Å²) in [5.41, 5.74) is 5.50. The van der Waals surface area contributed by atoms with Crippen LogP contribution in [-0.4, -0.2) is 174 Å². The van der Waals surface area contributed by atoms with E-state index in [0.717, 1.165) is 125 Å². The summed E-state index contributed by atoms with van der Waals surface area (Å²) in [5.74, 6) is 2.83. The average Bonchev–Trinajstić information content (AvgIpc) is 1.51. The minimum Gasteiger partial charge on any atom is -0.403 e. The molecule has 26 nitrogen and oxygen atoms in total. The lowest BCUT2D eigenvalue weighted by molar-refractivity contribution is 0.169. The van der Waals surface area contributed by atoms with Crippen molar-refractivity contribution >= 4 is 145 Å². The summed E-state index contributed by atoms with van der Waals surface area (Å²) in [6.07, 6.45) is 7.13. The van der Waals surface area contributed by atoms with Crippen LogP contribution < -0.4 is 52.7 Å². The van der Waals surface area contributed by atoms with Gasteiger partial charge >= 0.3 is 22.5 Å². The Morgan fingerprint density at radius 2 is 0.897 bits per heavy atom. The van der Waals surface area contributed by atoms with Gasteiger partial charge in [0, 0.05) is 148 Å². The lowest BCUT2D eigenvalue weighted by atomic mass is 10.1. The number of nitrogens with zero attached hydrogens (tertiary/aromatic N) is 16. The number of nitrogens with one attached hydrogen (secondary N) is 2. The number of hydrogen-bond donors (Lipinski definition) is 2. The number of rotatable bonds is 8. The number of likely N-dealkylation sites (N-methyl/N-ethyl adjacent to an activating group) is 2. The molecule has 14 aromatic heterocycles. The van der Waals surface area contributed by atoms with Crippen molar-refractivity contribution in [2.24, 2.45) is 0 Å². The van der Waals surface area contributed by atoms with Crippen molar-refractivity contribution < 1.29 is 22.1 Å². The number of pyridine rings is 6. The minimum atomic E-state index is -0.544. The Bertz CT molecular complexity index is 6700. The average molecular weight is 1640 g/mol. The van der Waals surface area contributed by atoms with Crippen LogP contribution in [0.4, 0.5) is 27.7 Å². The van der Waals surface area contributed by atoms with Crippen LogP contribution in [0.2, 0.25) is 10.0 Å². The molecule has 116 heavy (non-hydrogen) atoms. The van der Waals surface area contributed by atoms with Crippen LogP contribution in [0.5, 0.6) is 0 Å². The van der Waals surface area contributed by atoms with E-state index in [1.165, 1.54) is 28.7 Å². The van der Waals surface area contributed by atoms with Crippen molar-refractivity contribution in [3.05, 3.63) is 221 Å². The quantitative estimate of drug-likeness (QED) is 0.143. The van der Waals surface area contributed by atoms with Gasteiger partial charge < -0.3 is 61.6 Å². The Morgan fingerprint density at radius 3 is 1.39 bits per heavy atom. The third-order valence-corrected chi connectivity index (χ3v) is 24.4. The molecule has 0 saturated carbocycles. The highest BCUT2D eigenvalue weighted by Gasteiger charge is 2.30. The maximum Gasteiger partial charge on any atom is 0.347 e. The highest BCUT2D eigenvalue weighted by Crippen LogP contribution is 2.37. The summed E-state index contributed by atoms with van der Waals surface area (Å²) >= 11 is 15.3. The van der Waals surface area contributed by atoms with Crippen molar-refractivity contribution in [1.82, 2.24) is 69.1 Å². The molecule has 2 N–H and O–H groups in total. The molecule has 4 aliphatic rings. The van der Waals surface area contributed by atoms with Crippen LogP contribution in [0.25, 0.3) is 120 Å². The molecule has 0 bridgehead atoms. The first-order valence-corrected chi connectivity index (χ1v) is 40.7. The summed E-state index contributed by atoms with van der Waals surface area (Å²) in [4.78, 5) is 101. The molecule has 4 saturated heterocycles. The van der Waals surface area contributed by atoms with Gasteiger partial charge in [0.1, 0.15) is 50.0 Å². The molecule has 4 aliphatic heterocycles. The van der Waals surface area contributed by atoms with E-state index >= 15 is 0 Å². The van der Waals surface area contributed by atoms with Crippen LogP contribution in [0.15, 0.2) is 195 Å². The molecule has 20 rings (SSSR count). The second-order valence-electron chi connectivity index (χ2n) is 30.3. The van der Waals surface area contributed by atoms with E-state index in [-0.39, 0.29) is 16.9 Å². The van der Waals surface area contributed by atoms with Gasteiger partial charge in [-0.15, -0.1) is 22.7 Å². The topological polar surface area (TPSA) is 276 Å². The Kier molecular flexibility index (Phi) is 21.3. The predicted octanol–water partition coefficient (Wildman–Crippen LogP) is 14.3. The third kappa shape index (κ3) is 15.8. The number of aromatic nitrogens is 10. The number of imidazole rings is 2. The number of thiazole rings is 2. The first-order chi connectivity index (χ1) is 55.9. The van der Waals surface area contributed by atoms with E-state index in [9.17, 15) is 23.6 Å². The molecule has 31 heteroatoms. The van der Waals surface area contributed by atoms with Gasteiger partial charge in [-0.3, -0.25) is 4.90 Å². The third-order valence-electron chi connectivity index (χ3n) is 21.7. The van der Waals surface area contributed by atoms with Crippen LogP contribution in [0.1, 0.15) is 47.1 Å². The van der Waals surface area contributed by atoms with E-state index in [2.05, 4.69) is 136 Å². The van der Waals surface area contributed by atoms with Crippen LogP contribution >= 0.6 is 45.9 Å². The lowest BCUT2D eigenvalue weighted by Crippen LogP contribution is -2.55. The maximum absolute atomic E-state index is 13.9. The fraction of sp³-hybridized carbons (Fsp3) is 0.294. The van der Waals surface area contributed by atoms with Crippen molar-refractivity contribution in [3.8, 4) is 43.7 Å². The van der Waals surface area contributed by atoms with Gasteiger partial charge in [0.05, 0.1) is 53.1 Å². The van der Waals surface area contributed by atoms with Gasteiger partial charge in [-0.2, -0.15) is 19.9 Å². The molecule has 0 spiro atoms. The van der Waals surface area contributed by atoms with Crippen LogP contribution in [0, 0.1) is 12.7 Å². The summed E-state index contributed by atoms with van der Waals surface area (Å²) in [7, 11) is 4.26. The molecule has 0 unspecified atom stereocenters. The number of piperazine rings is 4. The number of benzene rings is 2. The Balaban J connectivity index is 0.000000111. The molecule has 2 aromatic carbocycles. The molecule has 18 heterocycles. The molecule has 16 aromatic rings. The normalized spacial score (nSPS) is 19.0. The van der Waals surface area contributed by atoms with Crippen molar-refractivity contribution in [3.63, 3.8) is 0 Å². The van der Waals surface area contributed by atoms with Gasteiger partial charge in [0.25, 0.3) is 0 Å². The van der Waals surface area contributed by atoms with Crippen molar-refractivity contribution in [1.29, 1.82) is 0 Å². The van der Waals surface area contributed by atoms with Gasteiger partial charge in [-0.05, 0) is 183 Å². The first-order valence-electron chi connectivity index (χ1n) is 38.4. The van der Waals surface area contributed by atoms with E-state index in [1.54, 1.807) is 53.2 Å². The zero-order chi connectivity index (χ0) is 80.5. The fourth-order valence-electron chi connectivity index (χ4n) is 15.2. The van der Waals surface area contributed by atoms with E-state index in [1.807, 2.05) is 115 Å². The number of anilines is 4. The van der Waals surface area contributed by atoms with Gasteiger partial charge in [0.15, 0.2) is 11.5 Å². The summed E-state index contributed by atoms with van der Waals surface area (Å²) in [5, 5.41) is 12.3. The maximum atomic E-state index is 13.9. The smallest absolute Gasteiger partial charge is 0.347 e. The highest BCUT2D eigenvalue weighted by atomic mass is 35.5. The number of fused-ring (bicyclic) bond motifs is 8. The van der Waals surface area contributed by atoms with E-state index in [4.69, 9.17) is 40.9 Å². The summed E-state index contributed by atoms with van der Waals surface area (Å²) in [6.45, 7) is 23.9. The largest absolute Gasteiger partial charge is 0.403 e. The fourth-order valence-corrected chi connectivity index (χ4v) is 17.8. The zero-order valence-electron chi connectivity index (χ0n) is 64.9. The first kappa shape index (κ1) is 77.2. The molecule has 592 valence electrons.